The number of hydrogen-bond donors (Lipinski definition) is 0. The Morgan fingerprint density at radius 1 is 1.30 bits per heavy atom. The molecule has 0 aromatic carbocycles. The monoisotopic (exact) mass is 292 g/mol. The standard InChI is InChI=1S/C17H24O2S/c1-5-8-15(7-3)12-13-20-14-16(9-6-2)10-11-17(18)19-4/h5-10H,1,3,11-14H2,2,4H3/b9-6-,15-8+,16-10+. The third-order valence-electron chi connectivity index (χ3n) is 2.54. The summed E-state index contributed by atoms with van der Waals surface area (Å²) in [5.41, 5.74) is 2.34. The maximum Gasteiger partial charge on any atom is 0.309 e. The van der Waals surface area contributed by atoms with E-state index in [1.165, 1.54) is 12.7 Å². The van der Waals surface area contributed by atoms with E-state index in [1.807, 2.05) is 49.1 Å². The van der Waals surface area contributed by atoms with Crippen molar-refractivity contribution in [2.24, 2.45) is 0 Å². The lowest BCUT2D eigenvalue weighted by Crippen LogP contribution is -1.98. The SMILES string of the molecule is C=C/C=C(\C=C)CCSCC(/C=C\C)=C/CC(=O)OC. The highest BCUT2D eigenvalue weighted by Crippen LogP contribution is 2.15. The molecule has 110 valence electrons. The van der Waals surface area contributed by atoms with E-state index in [4.69, 9.17) is 0 Å². The summed E-state index contributed by atoms with van der Waals surface area (Å²) in [4.78, 5) is 11.1. The lowest BCUT2D eigenvalue weighted by Gasteiger charge is -2.04. The summed E-state index contributed by atoms with van der Waals surface area (Å²) in [6.07, 6.45) is 12.9. The quantitative estimate of drug-likeness (QED) is 0.337. The molecule has 0 aromatic rings. The van der Waals surface area contributed by atoms with Gasteiger partial charge < -0.3 is 4.74 Å². The van der Waals surface area contributed by atoms with Gasteiger partial charge in [-0.25, -0.2) is 0 Å². The third-order valence-corrected chi connectivity index (χ3v) is 3.57. The molecule has 0 rings (SSSR count). The molecule has 0 aliphatic rings. The smallest absolute Gasteiger partial charge is 0.309 e. The van der Waals surface area contributed by atoms with Gasteiger partial charge in [-0.1, -0.05) is 49.6 Å². The molecule has 0 aliphatic carbocycles. The molecule has 0 radical (unpaired) electrons. The van der Waals surface area contributed by atoms with Crippen LogP contribution in [-0.2, 0) is 9.53 Å². The molecule has 0 saturated carbocycles. The lowest BCUT2D eigenvalue weighted by molar-refractivity contribution is -0.139. The summed E-state index contributed by atoms with van der Waals surface area (Å²) in [7, 11) is 1.41. The van der Waals surface area contributed by atoms with Crippen LogP contribution in [0, 0.1) is 0 Å². The van der Waals surface area contributed by atoms with Crippen molar-refractivity contribution in [2.45, 2.75) is 19.8 Å². The number of carbonyl (C=O) groups excluding carboxylic acids is 1. The average Bonchev–Trinajstić information content (AvgIpc) is 2.47. The second-order valence-electron chi connectivity index (χ2n) is 4.04. The van der Waals surface area contributed by atoms with Crippen LogP contribution in [0.3, 0.4) is 0 Å². The molecule has 0 unspecified atom stereocenters. The molecule has 2 nitrogen and oxygen atoms in total. The number of methoxy groups -OCH3 is 1. The summed E-state index contributed by atoms with van der Waals surface area (Å²) in [6, 6.07) is 0. The zero-order valence-electron chi connectivity index (χ0n) is 12.4. The van der Waals surface area contributed by atoms with Crippen molar-refractivity contribution >= 4 is 17.7 Å². The van der Waals surface area contributed by atoms with E-state index in [0.29, 0.717) is 6.42 Å². The molecule has 0 heterocycles. The van der Waals surface area contributed by atoms with Gasteiger partial charge in [-0.3, -0.25) is 4.79 Å². The Hall–Kier alpha value is -1.48. The van der Waals surface area contributed by atoms with Gasteiger partial charge in [-0.05, 0) is 30.2 Å². The van der Waals surface area contributed by atoms with Crippen LogP contribution in [0.25, 0.3) is 0 Å². The number of thioether (sulfide) groups is 1. The first-order valence-corrected chi connectivity index (χ1v) is 7.73. The average molecular weight is 292 g/mol. The number of rotatable bonds is 10. The van der Waals surface area contributed by atoms with Gasteiger partial charge in [0.25, 0.3) is 0 Å². The number of esters is 1. The Bertz CT molecular complexity index is 403. The summed E-state index contributed by atoms with van der Waals surface area (Å²) in [5.74, 6) is 1.69. The Morgan fingerprint density at radius 2 is 2.05 bits per heavy atom. The molecule has 0 aromatic heterocycles. The minimum absolute atomic E-state index is 0.208. The zero-order chi connectivity index (χ0) is 15.2. The highest BCUT2D eigenvalue weighted by molar-refractivity contribution is 7.99. The van der Waals surface area contributed by atoms with Crippen molar-refractivity contribution in [3.8, 4) is 0 Å². The first-order valence-electron chi connectivity index (χ1n) is 6.58. The van der Waals surface area contributed by atoms with Gasteiger partial charge in [0.2, 0.25) is 0 Å². The van der Waals surface area contributed by atoms with Gasteiger partial charge in [-0.15, -0.1) is 0 Å². The minimum Gasteiger partial charge on any atom is -0.469 e. The molecule has 0 bridgehead atoms. The Morgan fingerprint density at radius 3 is 2.60 bits per heavy atom. The van der Waals surface area contributed by atoms with E-state index < -0.39 is 0 Å². The predicted molar refractivity (Wildman–Crippen MR) is 89.9 cm³/mol. The summed E-state index contributed by atoms with van der Waals surface area (Å²) in [6.45, 7) is 9.44. The fourth-order valence-electron chi connectivity index (χ4n) is 1.47. The van der Waals surface area contributed by atoms with Crippen molar-refractivity contribution in [3.63, 3.8) is 0 Å². The Kier molecular flexibility index (Phi) is 11.6. The van der Waals surface area contributed by atoms with Gasteiger partial charge >= 0.3 is 5.97 Å². The zero-order valence-corrected chi connectivity index (χ0v) is 13.2. The predicted octanol–water partition coefficient (Wildman–Crippen LogP) is 4.47. The highest BCUT2D eigenvalue weighted by atomic mass is 32.2. The molecule has 0 saturated heterocycles. The number of carbonyl (C=O) groups is 1. The molecule has 0 aliphatic heterocycles. The number of hydrogen-bond acceptors (Lipinski definition) is 3. The van der Waals surface area contributed by atoms with Crippen molar-refractivity contribution in [3.05, 3.63) is 60.8 Å². The molecule has 0 fully saturated rings. The van der Waals surface area contributed by atoms with E-state index >= 15 is 0 Å². The number of ether oxygens (including phenoxy) is 1. The van der Waals surface area contributed by atoms with Gasteiger partial charge in [-0.2, -0.15) is 11.8 Å². The van der Waals surface area contributed by atoms with Crippen LogP contribution < -0.4 is 0 Å². The van der Waals surface area contributed by atoms with Crippen LogP contribution in [0.4, 0.5) is 0 Å². The minimum atomic E-state index is -0.208. The van der Waals surface area contributed by atoms with E-state index in [2.05, 4.69) is 17.9 Å². The third kappa shape index (κ3) is 9.45. The largest absolute Gasteiger partial charge is 0.469 e. The first-order chi connectivity index (χ1) is 9.67. The Balaban J connectivity index is 4.22. The second kappa shape index (κ2) is 12.5. The van der Waals surface area contributed by atoms with Crippen LogP contribution in [-0.4, -0.2) is 24.6 Å². The maximum atomic E-state index is 11.1. The van der Waals surface area contributed by atoms with Crippen molar-refractivity contribution in [2.75, 3.05) is 18.6 Å². The number of allylic oxidation sites excluding steroid dienone is 6. The molecular weight excluding hydrogens is 268 g/mol. The van der Waals surface area contributed by atoms with E-state index in [0.717, 1.165) is 23.5 Å². The summed E-state index contributed by atoms with van der Waals surface area (Å²) >= 11 is 1.84. The molecule has 0 spiro atoms. The van der Waals surface area contributed by atoms with Crippen molar-refractivity contribution in [1.29, 1.82) is 0 Å². The Labute approximate surface area is 127 Å². The maximum absolute atomic E-state index is 11.1. The highest BCUT2D eigenvalue weighted by Gasteiger charge is 1.99. The fraction of sp³-hybridized carbons (Fsp3) is 0.353. The molecule has 0 amide bonds. The van der Waals surface area contributed by atoms with Crippen LogP contribution in [0.5, 0.6) is 0 Å². The van der Waals surface area contributed by atoms with E-state index in [1.54, 1.807) is 6.08 Å². The lowest BCUT2D eigenvalue weighted by atomic mass is 10.2. The van der Waals surface area contributed by atoms with Gasteiger partial charge in [0, 0.05) is 5.75 Å². The molecule has 20 heavy (non-hydrogen) atoms. The van der Waals surface area contributed by atoms with E-state index in [9.17, 15) is 4.79 Å². The fourth-order valence-corrected chi connectivity index (χ4v) is 2.45. The topological polar surface area (TPSA) is 26.3 Å². The molecule has 0 N–H and O–H groups in total. The molecular formula is C17H24O2S. The van der Waals surface area contributed by atoms with Gasteiger partial charge in [0.15, 0.2) is 0 Å². The normalized spacial score (nSPS) is 12.5. The molecule has 3 heteroatoms. The van der Waals surface area contributed by atoms with Crippen molar-refractivity contribution < 1.29 is 9.53 Å². The van der Waals surface area contributed by atoms with Crippen LogP contribution >= 0.6 is 11.8 Å². The van der Waals surface area contributed by atoms with Gasteiger partial charge in [0.05, 0.1) is 13.5 Å². The van der Waals surface area contributed by atoms with Crippen LogP contribution in [0.1, 0.15) is 19.8 Å². The summed E-state index contributed by atoms with van der Waals surface area (Å²) in [5, 5.41) is 0. The van der Waals surface area contributed by atoms with Crippen LogP contribution in [0.2, 0.25) is 0 Å². The second-order valence-corrected chi connectivity index (χ2v) is 5.15. The van der Waals surface area contributed by atoms with Crippen LogP contribution in [0.15, 0.2) is 60.8 Å². The summed E-state index contributed by atoms with van der Waals surface area (Å²) < 4.78 is 4.63. The first kappa shape index (κ1) is 18.5. The molecule has 0 atom stereocenters. The van der Waals surface area contributed by atoms with Crippen molar-refractivity contribution in [1.82, 2.24) is 0 Å². The van der Waals surface area contributed by atoms with Gasteiger partial charge in [0.1, 0.15) is 0 Å². The van der Waals surface area contributed by atoms with E-state index in [-0.39, 0.29) is 5.97 Å².